The van der Waals surface area contributed by atoms with Crippen LogP contribution in [0, 0.1) is 0 Å². The van der Waals surface area contributed by atoms with E-state index in [1.165, 1.54) is 30.4 Å². The van der Waals surface area contributed by atoms with Crippen molar-refractivity contribution in [3.8, 4) is 0 Å². The quantitative estimate of drug-likeness (QED) is 0.652. The van der Waals surface area contributed by atoms with Crippen LogP contribution in [-0.2, 0) is 26.3 Å². The molecule has 6 rings (SSSR count). The first-order valence-electron chi connectivity index (χ1n) is 13.6. The van der Waals surface area contributed by atoms with E-state index >= 15 is 0 Å². The Morgan fingerprint density at radius 2 is 1.80 bits per heavy atom. The van der Waals surface area contributed by atoms with Crippen molar-refractivity contribution in [3.63, 3.8) is 0 Å². The number of hydrogen-bond donors (Lipinski definition) is 1. The van der Waals surface area contributed by atoms with Gasteiger partial charge in [0, 0.05) is 51.6 Å². The first kappa shape index (κ1) is 24.7. The highest BCUT2D eigenvalue weighted by Crippen LogP contribution is 2.43. The number of benzene rings is 1. The third-order valence-corrected chi connectivity index (χ3v) is 9.24. The maximum absolute atomic E-state index is 12.2. The first-order valence-corrected chi connectivity index (χ1v) is 13.6. The van der Waals surface area contributed by atoms with E-state index in [4.69, 9.17) is 9.84 Å². The van der Waals surface area contributed by atoms with Crippen LogP contribution in [0.3, 0.4) is 0 Å². The van der Waals surface area contributed by atoms with E-state index < -0.39 is 0 Å². The van der Waals surface area contributed by atoms with Crippen molar-refractivity contribution in [3.05, 3.63) is 35.4 Å². The molecule has 4 fully saturated rings. The molecule has 2 amide bonds. The number of carbonyl (C=O) groups is 2. The van der Waals surface area contributed by atoms with Crippen LogP contribution in [0.2, 0.25) is 0 Å². The van der Waals surface area contributed by atoms with E-state index in [2.05, 4.69) is 34.1 Å². The van der Waals surface area contributed by atoms with Gasteiger partial charge < -0.3 is 24.5 Å². The molecule has 35 heavy (non-hydrogen) atoms. The standard InChI is InChI=1S/C24H33N3O2.C4H8O2.H2/c1-18(29)26-15-19-4-2-3-5-23(19)24(16-26)10-12-25(13-11-24)21-8-6-20-7-9-22(14-21)27(20)17-28;5-4-1-2-6-3-4;/h2-5,17,20-22H,6-16H2,1H3;4-5H,1-3H2;1H. The predicted molar refractivity (Wildman–Crippen MR) is 136 cm³/mol. The van der Waals surface area contributed by atoms with Crippen molar-refractivity contribution in [1.29, 1.82) is 0 Å². The van der Waals surface area contributed by atoms with Crippen molar-refractivity contribution in [1.82, 2.24) is 14.7 Å². The molecule has 0 aliphatic carbocycles. The van der Waals surface area contributed by atoms with Gasteiger partial charge in [-0.25, -0.2) is 0 Å². The molecule has 194 valence electrons. The number of aliphatic hydroxyl groups is 1. The summed E-state index contributed by atoms with van der Waals surface area (Å²) in [6.45, 7) is 6.80. The third kappa shape index (κ3) is 5.13. The van der Waals surface area contributed by atoms with Crippen LogP contribution >= 0.6 is 0 Å². The van der Waals surface area contributed by atoms with Crippen molar-refractivity contribution in [2.24, 2.45) is 0 Å². The Labute approximate surface area is 210 Å². The molecule has 1 spiro atoms. The van der Waals surface area contributed by atoms with Gasteiger partial charge in [0.2, 0.25) is 12.3 Å². The number of carbonyl (C=O) groups excluding carboxylic acids is 2. The summed E-state index contributed by atoms with van der Waals surface area (Å²) in [5.41, 5.74) is 2.91. The van der Waals surface area contributed by atoms with E-state index in [1.807, 2.05) is 4.90 Å². The molecular formula is C28H43N3O4. The number of piperidine rings is 1. The number of aliphatic hydroxyl groups excluding tert-OH is 1. The lowest BCUT2D eigenvalue weighted by Gasteiger charge is -2.50. The number of rotatable bonds is 2. The molecule has 1 aromatic carbocycles. The molecular weight excluding hydrogens is 442 g/mol. The summed E-state index contributed by atoms with van der Waals surface area (Å²) in [6, 6.07) is 10.3. The maximum atomic E-state index is 12.2. The fourth-order valence-corrected chi connectivity index (χ4v) is 7.21. The molecule has 1 aromatic rings. The fourth-order valence-electron chi connectivity index (χ4n) is 7.21. The SMILES string of the molecule is CC(=O)N1Cc2ccccc2C2(CCN(C3CCC4CCC(C3)N4C=O)CC2)C1.OC1CCOC1.[HH]. The van der Waals surface area contributed by atoms with Crippen LogP contribution in [0.25, 0.3) is 0 Å². The first-order chi connectivity index (χ1) is 17.0. The summed E-state index contributed by atoms with van der Waals surface area (Å²) >= 11 is 0. The topological polar surface area (TPSA) is 73.3 Å². The van der Waals surface area contributed by atoms with Crippen molar-refractivity contribution in [2.45, 2.75) is 94.5 Å². The van der Waals surface area contributed by atoms with Gasteiger partial charge in [0.05, 0.1) is 12.7 Å². The second-order valence-electron chi connectivity index (χ2n) is 11.3. The molecule has 0 saturated carbocycles. The van der Waals surface area contributed by atoms with Crippen LogP contribution in [0.1, 0.15) is 70.8 Å². The third-order valence-electron chi connectivity index (χ3n) is 9.24. The number of hydrogen-bond acceptors (Lipinski definition) is 5. The van der Waals surface area contributed by atoms with Gasteiger partial charge in [-0.15, -0.1) is 0 Å². The predicted octanol–water partition coefficient (Wildman–Crippen LogP) is 2.94. The molecule has 2 bridgehead atoms. The average Bonchev–Trinajstić information content (AvgIpc) is 3.45. The van der Waals surface area contributed by atoms with E-state index in [0.717, 1.165) is 71.3 Å². The number of amides is 2. The lowest BCUT2D eigenvalue weighted by molar-refractivity contribution is -0.131. The molecule has 5 heterocycles. The minimum atomic E-state index is -0.176. The molecule has 4 unspecified atom stereocenters. The van der Waals surface area contributed by atoms with Gasteiger partial charge in [-0.05, 0) is 75.6 Å². The van der Waals surface area contributed by atoms with Crippen LogP contribution < -0.4 is 0 Å². The zero-order valence-electron chi connectivity index (χ0n) is 21.1. The molecule has 1 N–H and O–H groups in total. The summed E-state index contributed by atoms with van der Waals surface area (Å²) in [6.07, 6.45) is 9.87. The van der Waals surface area contributed by atoms with Crippen LogP contribution in [0.5, 0.6) is 0 Å². The van der Waals surface area contributed by atoms with E-state index in [-0.39, 0.29) is 18.9 Å². The van der Waals surface area contributed by atoms with Gasteiger partial charge in [0.25, 0.3) is 0 Å². The van der Waals surface area contributed by atoms with Gasteiger partial charge in [-0.3, -0.25) is 9.59 Å². The van der Waals surface area contributed by atoms with Crippen LogP contribution in [-0.4, -0.2) is 89.2 Å². The molecule has 0 radical (unpaired) electrons. The highest BCUT2D eigenvalue weighted by molar-refractivity contribution is 5.74. The molecule has 4 saturated heterocycles. The Morgan fingerprint density at radius 1 is 1.09 bits per heavy atom. The second kappa shape index (κ2) is 10.6. The number of ether oxygens (including phenoxy) is 1. The van der Waals surface area contributed by atoms with E-state index in [1.54, 1.807) is 6.92 Å². The Hall–Kier alpha value is -1.96. The van der Waals surface area contributed by atoms with Crippen molar-refractivity contribution in [2.75, 3.05) is 32.8 Å². The zero-order valence-corrected chi connectivity index (χ0v) is 21.1. The highest BCUT2D eigenvalue weighted by Gasteiger charge is 2.45. The molecule has 7 nitrogen and oxygen atoms in total. The summed E-state index contributed by atoms with van der Waals surface area (Å²) in [5.74, 6) is 0.190. The van der Waals surface area contributed by atoms with E-state index in [0.29, 0.717) is 24.7 Å². The van der Waals surface area contributed by atoms with Crippen LogP contribution in [0.4, 0.5) is 0 Å². The molecule has 5 aliphatic rings. The molecule has 4 atom stereocenters. The number of nitrogens with zero attached hydrogens (tertiary/aromatic N) is 3. The zero-order chi connectivity index (χ0) is 24.4. The summed E-state index contributed by atoms with van der Waals surface area (Å²) < 4.78 is 4.81. The summed E-state index contributed by atoms with van der Waals surface area (Å²) in [7, 11) is 0. The van der Waals surface area contributed by atoms with Gasteiger partial charge in [-0.2, -0.15) is 0 Å². The maximum Gasteiger partial charge on any atom is 0.219 e. The smallest absolute Gasteiger partial charge is 0.219 e. The summed E-state index contributed by atoms with van der Waals surface area (Å²) in [5, 5.41) is 8.60. The number of fused-ring (bicyclic) bond motifs is 4. The lowest BCUT2D eigenvalue weighted by Crippen LogP contribution is -2.54. The minimum Gasteiger partial charge on any atom is -0.391 e. The normalized spacial score (nSPS) is 31.9. The van der Waals surface area contributed by atoms with Gasteiger partial charge >= 0.3 is 0 Å². The van der Waals surface area contributed by atoms with Crippen LogP contribution in [0.15, 0.2) is 24.3 Å². The fraction of sp³-hybridized carbons (Fsp3) is 0.714. The van der Waals surface area contributed by atoms with E-state index in [9.17, 15) is 9.59 Å². The Morgan fingerprint density at radius 3 is 2.43 bits per heavy atom. The summed E-state index contributed by atoms with van der Waals surface area (Å²) in [4.78, 5) is 30.6. The Bertz CT molecular complexity index is 901. The largest absolute Gasteiger partial charge is 0.391 e. The van der Waals surface area contributed by atoms with Gasteiger partial charge in [-0.1, -0.05) is 24.3 Å². The molecule has 0 aromatic heterocycles. The Balaban J connectivity index is 0.000000383. The monoisotopic (exact) mass is 485 g/mol. The minimum absolute atomic E-state index is 0. The number of likely N-dealkylation sites (tertiary alicyclic amines) is 1. The average molecular weight is 486 g/mol. The Kier molecular flexibility index (Phi) is 7.47. The molecule has 7 heteroatoms. The van der Waals surface area contributed by atoms with Gasteiger partial charge in [0.1, 0.15) is 0 Å². The highest BCUT2D eigenvalue weighted by atomic mass is 16.5. The lowest BCUT2D eigenvalue weighted by atomic mass is 9.68. The van der Waals surface area contributed by atoms with Gasteiger partial charge in [0.15, 0.2) is 0 Å². The van der Waals surface area contributed by atoms with Crippen molar-refractivity contribution >= 4 is 12.3 Å². The molecule has 5 aliphatic heterocycles. The van der Waals surface area contributed by atoms with Crippen molar-refractivity contribution < 1.29 is 20.9 Å². The second-order valence-corrected chi connectivity index (χ2v) is 11.3.